The Morgan fingerprint density at radius 1 is 1.45 bits per heavy atom. The molecular weight excluding hydrogens is 277 g/mol. The van der Waals surface area contributed by atoms with E-state index in [-0.39, 0.29) is 31.1 Å². The van der Waals surface area contributed by atoms with Crippen molar-refractivity contribution in [1.82, 2.24) is 4.98 Å². The van der Waals surface area contributed by atoms with Crippen molar-refractivity contribution in [2.24, 2.45) is 0 Å². The minimum Gasteiger partial charge on any atom is -0.478 e. The summed E-state index contributed by atoms with van der Waals surface area (Å²) in [6.07, 6.45) is -3.30. The molecule has 0 bridgehead atoms. The minimum absolute atomic E-state index is 0.0549. The van der Waals surface area contributed by atoms with Crippen LogP contribution in [0, 0.1) is 0 Å². The standard InChI is InChI=1S/C12H13F3N2O3/c1-2-5-17(6-7-18)10-8(11(19)20)3-4-9(16-10)12(13,14)15/h2-4,18H,1,5-7H2,(H,19,20). The molecule has 0 atom stereocenters. The van der Waals surface area contributed by atoms with E-state index < -0.39 is 17.8 Å². The maximum absolute atomic E-state index is 12.6. The van der Waals surface area contributed by atoms with Gasteiger partial charge in [0, 0.05) is 13.1 Å². The van der Waals surface area contributed by atoms with Crippen LogP contribution in [0.25, 0.3) is 0 Å². The molecule has 0 aliphatic heterocycles. The molecule has 0 radical (unpaired) electrons. The summed E-state index contributed by atoms with van der Waals surface area (Å²) < 4.78 is 37.9. The van der Waals surface area contributed by atoms with Gasteiger partial charge in [-0.1, -0.05) is 6.08 Å². The van der Waals surface area contributed by atoms with Crippen molar-refractivity contribution in [2.75, 3.05) is 24.6 Å². The molecule has 1 rings (SSSR count). The minimum atomic E-state index is -4.68. The van der Waals surface area contributed by atoms with Crippen LogP contribution in [0.1, 0.15) is 16.1 Å². The van der Waals surface area contributed by atoms with Gasteiger partial charge in [0.2, 0.25) is 0 Å². The number of aliphatic hydroxyl groups is 1. The lowest BCUT2D eigenvalue weighted by Crippen LogP contribution is -2.30. The highest BCUT2D eigenvalue weighted by atomic mass is 19.4. The Labute approximate surface area is 113 Å². The smallest absolute Gasteiger partial charge is 0.433 e. The molecule has 0 aliphatic rings. The van der Waals surface area contributed by atoms with Gasteiger partial charge in [0.05, 0.1) is 6.61 Å². The third-order valence-electron chi connectivity index (χ3n) is 2.41. The first-order valence-electron chi connectivity index (χ1n) is 5.59. The Kier molecular flexibility index (Phi) is 5.09. The molecular formula is C12H13F3N2O3. The quantitative estimate of drug-likeness (QED) is 0.781. The summed E-state index contributed by atoms with van der Waals surface area (Å²) in [5, 5.41) is 17.9. The molecule has 0 saturated carbocycles. The summed E-state index contributed by atoms with van der Waals surface area (Å²) >= 11 is 0. The molecule has 0 aliphatic carbocycles. The molecule has 2 N–H and O–H groups in total. The van der Waals surface area contributed by atoms with Gasteiger partial charge in [-0.15, -0.1) is 6.58 Å². The molecule has 8 heteroatoms. The highest BCUT2D eigenvalue weighted by Gasteiger charge is 2.34. The first-order valence-corrected chi connectivity index (χ1v) is 5.59. The average Bonchev–Trinajstić information content (AvgIpc) is 2.36. The monoisotopic (exact) mass is 290 g/mol. The fourth-order valence-corrected chi connectivity index (χ4v) is 1.57. The zero-order valence-electron chi connectivity index (χ0n) is 10.4. The molecule has 5 nitrogen and oxygen atoms in total. The number of carboxylic acid groups (broad SMARTS) is 1. The van der Waals surface area contributed by atoms with Crippen LogP contribution >= 0.6 is 0 Å². The van der Waals surface area contributed by atoms with Crippen LogP contribution in [0.15, 0.2) is 24.8 Å². The van der Waals surface area contributed by atoms with E-state index in [2.05, 4.69) is 11.6 Å². The third kappa shape index (κ3) is 3.70. The number of hydrogen-bond donors (Lipinski definition) is 2. The number of pyridine rings is 1. The van der Waals surface area contributed by atoms with Gasteiger partial charge in [-0.25, -0.2) is 9.78 Å². The second-order valence-electron chi connectivity index (χ2n) is 3.83. The van der Waals surface area contributed by atoms with E-state index in [0.717, 1.165) is 6.07 Å². The number of halogens is 3. The van der Waals surface area contributed by atoms with Gasteiger partial charge >= 0.3 is 12.1 Å². The third-order valence-corrected chi connectivity index (χ3v) is 2.41. The molecule has 0 saturated heterocycles. The van der Waals surface area contributed by atoms with Gasteiger partial charge in [-0.2, -0.15) is 13.2 Å². The van der Waals surface area contributed by atoms with E-state index >= 15 is 0 Å². The number of carbonyl (C=O) groups is 1. The van der Waals surface area contributed by atoms with Gasteiger partial charge in [-0.05, 0) is 12.1 Å². The topological polar surface area (TPSA) is 73.7 Å². The lowest BCUT2D eigenvalue weighted by molar-refractivity contribution is -0.141. The number of hydrogen-bond acceptors (Lipinski definition) is 4. The summed E-state index contributed by atoms with van der Waals surface area (Å²) in [6, 6.07) is 1.46. The van der Waals surface area contributed by atoms with E-state index in [9.17, 15) is 18.0 Å². The number of aromatic nitrogens is 1. The molecule has 1 heterocycles. The van der Waals surface area contributed by atoms with Crippen LogP contribution in [-0.4, -0.2) is 40.9 Å². The molecule has 20 heavy (non-hydrogen) atoms. The number of nitrogens with zero attached hydrogens (tertiary/aromatic N) is 2. The Morgan fingerprint density at radius 2 is 2.10 bits per heavy atom. The average molecular weight is 290 g/mol. The van der Waals surface area contributed by atoms with Crippen molar-refractivity contribution >= 4 is 11.8 Å². The number of anilines is 1. The molecule has 0 amide bonds. The van der Waals surface area contributed by atoms with E-state index in [4.69, 9.17) is 10.2 Å². The molecule has 110 valence electrons. The normalized spacial score (nSPS) is 11.2. The van der Waals surface area contributed by atoms with Crippen molar-refractivity contribution in [1.29, 1.82) is 0 Å². The first kappa shape index (κ1) is 16.0. The Hall–Kier alpha value is -2.09. The van der Waals surface area contributed by atoms with Crippen LogP contribution in [0.3, 0.4) is 0 Å². The molecule has 0 fully saturated rings. The Morgan fingerprint density at radius 3 is 2.55 bits per heavy atom. The second kappa shape index (κ2) is 6.38. The second-order valence-corrected chi connectivity index (χ2v) is 3.83. The zero-order valence-corrected chi connectivity index (χ0v) is 10.4. The summed E-state index contributed by atoms with van der Waals surface area (Å²) in [5.41, 5.74) is -1.56. The van der Waals surface area contributed by atoms with Crippen molar-refractivity contribution in [3.05, 3.63) is 36.0 Å². The Balaban J connectivity index is 3.36. The van der Waals surface area contributed by atoms with Gasteiger partial charge in [0.1, 0.15) is 17.1 Å². The number of aliphatic hydroxyl groups excluding tert-OH is 1. The highest BCUT2D eigenvalue weighted by molar-refractivity contribution is 5.93. The Bertz CT molecular complexity index is 503. The van der Waals surface area contributed by atoms with Gasteiger partial charge < -0.3 is 15.1 Å². The summed E-state index contributed by atoms with van der Waals surface area (Å²) in [4.78, 5) is 15.6. The highest BCUT2D eigenvalue weighted by Crippen LogP contribution is 2.30. The molecule has 1 aromatic heterocycles. The predicted molar refractivity (Wildman–Crippen MR) is 65.7 cm³/mol. The van der Waals surface area contributed by atoms with E-state index in [0.29, 0.717) is 6.07 Å². The van der Waals surface area contributed by atoms with Crippen LogP contribution in [0.2, 0.25) is 0 Å². The van der Waals surface area contributed by atoms with Crippen LogP contribution in [0.5, 0.6) is 0 Å². The maximum atomic E-state index is 12.6. The SMILES string of the molecule is C=CCN(CCO)c1nc(C(F)(F)F)ccc1C(=O)O. The van der Waals surface area contributed by atoms with Crippen LogP contribution in [-0.2, 0) is 6.18 Å². The van der Waals surface area contributed by atoms with Crippen molar-refractivity contribution < 1.29 is 28.2 Å². The van der Waals surface area contributed by atoms with Crippen LogP contribution in [0.4, 0.5) is 19.0 Å². The largest absolute Gasteiger partial charge is 0.478 e. The molecule has 0 aromatic carbocycles. The maximum Gasteiger partial charge on any atom is 0.433 e. The molecule has 0 unspecified atom stereocenters. The van der Waals surface area contributed by atoms with Crippen molar-refractivity contribution in [3.63, 3.8) is 0 Å². The van der Waals surface area contributed by atoms with E-state index in [1.165, 1.54) is 11.0 Å². The predicted octanol–water partition coefficient (Wildman–Crippen LogP) is 1.78. The fraction of sp³-hybridized carbons (Fsp3) is 0.333. The van der Waals surface area contributed by atoms with Crippen molar-refractivity contribution in [3.8, 4) is 0 Å². The van der Waals surface area contributed by atoms with E-state index in [1.54, 1.807) is 0 Å². The van der Waals surface area contributed by atoms with Gasteiger partial charge in [0.15, 0.2) is 0 Å². The number of carboxylic acids is 1. The van der Waals surface area contributed by atoms with E-state index in [1.807, 2.05) is 0 Å². The number of aromatic carboxylic acids is 1. The zero-order chi connectivity index (χ0) is 15.3. The van der Waals surface area contributed by atoms with Gasteiger partial charge in [-0.3, -0.25) is 0 Å². The fourth-order valence-electron chi connectivity index (χ4n) is 1.57. The van der Waals surface area contributed by atoms with Crippen molar-refractivity contribution in [2.45, 2.75) is 6.18 Å². The first-order chi connectivity index (χ1) is 9.31. The summed E-state index contributed by atoms with van der Waals surface area (Å²) in [5.74, 6) is -1.74. The lowest BCUT2D eigenvalue weighted by atomic mass is 10.2. The summed E-state index contributed by atoms with van der Waals surface area (Å²) in [6.45, 7) is 3.09. The molecule has 1 aromatic rings. The molecule has 0 spiro atoms. The van der Waals surface area contributed by atoms with Crippen LogP contribution < -0.4 is 4.90 Å². The summed E-state index contributed by atoms with van der Waals surface area (Å²) in [7, 11) is 0. The van der Waals surface area contributed by atoms with Gasteiger partial charge in [0.25, 0.3) is 0 Å². The number of alkyl halides is 3. The lowest BCUT2D eigenvalue weighted by Gasteiger charge is -2.23. The number of rotatable bonds is 6.